The number of carboxylic acids is 1. The van der Waals surface area contributed by atoms with Gasteiger partial charge in [-0.25, -0.2) is 4.39 Å². The highest BCUT2D eigenvalue weighted by molar-refractivity contribution is 5.73. The van der Waals surface area contributed by atoms with Crippen LogP contribution in [0.2, 0.25) is 0 Å². The van der Waals surface area contributed by atoms with Crippen molar-refractivity contribution in [3.05, 3.63) is 125 Å². The summed E-state index contributed by atoms with van der Waals surface area (Å²) in [7, 11) is 0. The van der Waals surface area contributed by atoms with Crippen LogP contribution in [0.15, 0.2) is 97.1 Å². The second kappa shape index (κ2) is 13.6. The predicted molar refractivity (Wildman–Crippen MR) is 149 cm³/mol. The molecule has 0 heterocycles. The van der Waals surface area contributed by atoms with Gasteiger partial charge in [-0.05, 0) is 43.2 Å². The van der Waals surface area contributed by atoms with E-state index in [9.17, 15) is 14.3 Å². The monoisotopic (exact) mass is 528 g/mol. The van der Waals surface area contributed by atoms with E-state index in [-0.39, 0.29) is 12.2 Å². The fourth-order valence-corrected chi connectivity index (χ4v) is 4.26. The molecule has 0 aliphatic rings. The zero-order valence-electron chi connectivity index (χ0n) is 21.9. The minimum Gasteiger partial charge on any atom is -0.489 e. The normalized spacial score (nSPS) is 11.8. The van der Waals surface area contributed by atoms with Crippen LogP contribution in [0.25, 0.3) is 0 Å². The van der Waals surface area contributed by atoms with Crippen LogP contribution in [-0.2, 0) is 24.5 Å². The Balaban J connectivity index is 1.55. The number of carboxylic acid groups (broad SMARTS) is 1. The summed E-state index contributed by atoms with van der Waals surface area (Å²) in [6.45, 7) is 3.83. The zero-order valence-corrected chi connectivity index (χ0v) is 21.9. The third-order valence-corrected chi connectivity index (χ3v) is 6.34. The maximum atomic E-state index is 14.3. The van der Waals surface area contributed by atoms with Gasteiger partial charge >= 0.3 is 5.97 Å². The fraction of sp³-hybridized carbons (Fsp3) is 0.219. The van der Waals surface area contributed by atoms with Crippen LogP contribution >= 0.6 is 0 Å². The van der Waals surface area contributed by atoms with Gasteiger partial charge in [-0.1, -0.05) is 78.4 Å². The van der Waals surface area contributed by atoms with Gasteiger partial charge in [-0.2, -0.15) is 0 Å². The van der Waals surface area contributed by atoms with Gasteiger partial charge in [0.25, 0.3) is 0 Å². The Morgan fingerprint density at radius 3 is 2.15 bits per heavy atom. The summed E-state index contributed by atoms with van der Waals surface area (Å²) in [5.74, 6) is -0.0720. The molecule has 0 saturated carbocycles. The number of hydrogen-bond donors (Lipinski definition) is 2. The van der Waals surface area contributed by atoms with E-state index in [2.05, 4.69) is 11.0 Å². The Kier molecular flexibility index (Phi) is 9.67. The van der Waals surface area contributed by atoms with E-state index in [1.54, 1.807) is 24.3 Å². The third kappa shape index (κ3) is 8.14. The van der Waals surface area contributed by atoms with Gasteiger partial charge in [0.1, 0.15) is 24.1 Å². The smallest absolute Gasteiger partial charge is 0.320 e. The van der Waals surface area contributed by atoms with Gasteiger partial charge in [0.05, 0.1) is 0 Å². The molecule has 202 valence electrons. The zero-order chi connectivity index (χ0) is 27.6. The molecule has 0 unspecified atom stereocenters. The highest BCUT2D eigenvalue weighted by atomic mass is 19.1. The fourth-order valence-electron chi connectivity index (χ4n) is 4.26. The summed E-state index contributed by atoms with van der Waals surface area (Å²) >= 11 is 0. The van der Waals surface area contributed by atoms with E-state index in [1.807, 2.05) is 67.6 Å². The number of ether oxygens (including phenoxy) is 2. The Hall–Kier alpha value is -4.20. The molecule has 0 radical (unpaired) electrons. The third-order valence-electron chi connectivity index (χ3n) is 6.34. The van der Waals surface area contributed by atoms with Crippen molar-refractivity contribution in [2.45, 2.75) is 39.1 Å². The summed E-state index contributed by atoms with van der Waals surface area (Å²) < 4.78 is 26.4. The largest absolute Gasteiger partial charge is 0.489 e. The van der Waals surface area contributed by atoms with E-state index in [1.165, 1.54) is 11.6 Å². The van der Waals surface area contributed by atoms with E-state index in [0.29, 0.717) is 32.0 Å². The Bertz CT molecular complexity index is 1390. The lowest BCUT2D eigenvalue weighted by Crippen LogP contribution is -2.35. The molecule has 4 aromatic rings. The lowest BCUT2D eigenvalue weighted by molar-refractivity contribution is -0.138. The van der Waals surface area contributed by atoms with Crippen molar-refractivity contribution < 1.29 is 23.8 Å². The molecular formula is C32H33FN2O4. The molecule has 0 amide bonds. The first kappa shape index (κ1) is 27.8. The molecule has 1 atom stereocenters. The molecule has 6 nitrogen and oxygen atoms in total. The summed E-state index contributed by atoms with van der Waals surface area (Å²) in [5, 5.41) is 9.33. The summed E-state index contributed by atoms with van der Waals surface area (Å²) in [6, 6.07) is 28.7. The number of para-hydroxylation sites is 3. The highest BCUT2D eigenvalue weighted by Crippen LogP contribution is 2.29. The first-order valence-corrected chi connectivity index (χ1v) is 12.9. The number of nitrogens with two attached hydrogens (primary N) is 1. The van der Waals surface area contributed by atoms with Crippen LogP contribution in [0, 0.1) is 12.7 Å². The topological polar surface area (TPSA) is 85.0 Å². The van der Waals surface area contributed by atoms with Crippen LogP contribution in [0.4, 0.5) is 4.39 Å². The lowest BCUT2D eigenvalue weighted by Gasteiger charge is -2.25. The molecule has 0 saturated heterocycles. The van der Waals surface area contributed by atoms with E-state index < -0.39 is 17.8 Å². The van der Waals surface area contributed by atoms with Crippen LogP contribution in [-0.4, -0.2) is 28.6 Å². The molecule has 0 aromatic heterocycles. The van der Waals surface area contributed by atoms with Gasteiger partial charge < -0.3 is 20.3 Å². The van der Waals surface area contributed by atoms with Crippen LogP contribution in [0.5, 0.6) is 17.2 Å². The average Bonchev–Trinajstić information content (AvgIpc) is 2.93. The van der Waals surface area contributed by atoms with Gasteiger partial charge in [-0.15, -0.1) is 0 Å². The van der Waals surface area contributed by atoms with Crippen molar-refractivity contribution in [2.24, 2.45) is 5.73 Å². The minimum atomic E-state index is -1.04. The second-order valence-corrected chi connectivity index (χ2v) is 9.47. The van der Waals surface area contributed by atoms with Crippen molar-refractivity contribution in [1.82, 2.24) is 4.90 Å². The molecule has 3 N–H and O–H groups in total. The number of halogens is 1. The summed E-state index contributed by atoms with van der Waals surface area (Å²) in [6.07, 6.45) is 0.262. The van der Waals surface area contributed by atoms with Crippen LogP contribution < -0.4 is 15.2 Å². The molecule has 0 bridgehead atoms. The molecule has 0 aliphatic heterocycles. The van der Waals surface area contributed by atoms with Gasteiger partial charge in [-0.3, -0.25) is 9.69 Å². The van der Waals surface area contributed by atoms with Crippen molar-refractivity contribution in [2.75, 3.05) is 6.54 Å². The SMILES string of the molecule is Cc1cccc(COc2ccccc2CN(CC[C@H](N)C(=O)O)Cc2ccccc2Oc2ccccc2F)c1. The number of aliphatic carboxylic acids is 1. The second-order valence-electron chi connectivity index (χ2n) is 9.47. The molecule has 39 heavy (non-hydrogen) atoms. The molecule has 0 aliphatic carbocycles. The Morgan fingerprint density at radius 2 is 1.49 bits per heavy atom. The Morgan fingerprint density at radius 1 is 0.872 bits per heavy atom. The maximum Gasteiger partial charge on any atom is 0.320 e. The van der Waals surface area contributed by atoms with Gasteiger partial charge in [0.2, 0.25) is 0 Å². The quantitative estimate of drug-likeness (QED) is 0.212. The van der Waals surface area contributed by atoms with Crippen molar-refractivity contribution >= 4 is 5.97 Å². The first-order chi connectivity index (χ1) is 18.9. The highest BCUT2D eigenvalue weighted by Gasteiger charge is 2.18. The van der Waals surface area contributed by atoms with Gasteiger partial charge in [0.15, 0.2) is 11.6 Å². The van der Waals surface area contributed by atoms with Crippen LogP contribution in [0.1, 0.15) is 28.7 Å². The predicted octanol–water partition coefficient (Wildman–Crippen LogP) is 6.31. The van der Waals surface area contributed by atoms with Gasteiger partial charge in [0, 0.05) is 30.8 Å². The van der Waals surface area contributed by atoms with E-state index in [4.69, 9.17) is 15.2 Å². The molecule has 4 aromatic carbocycles. The molecule has 0 fully saturated rings. The minimum absolute atomic E-state index is 0.138. The van der Waals surface area contributed by atoms with Crippen LogP contribution in [0.3, 0.4) is 0 Å². The van der Waals surface area contributed by atoms with Crippen molar-refractivity contribution in [3.63, 3.8) is 0 Å². The molecule has 4 rings (SSSR count). The number of nitrogens with zero attached hydrogens (tertiary/aromatic N) is 1. The number of benzene rings is 4. The number of aryl methyl sites for hydroxylation is 1. The summed E-state index contributed by atoms with van der Waals surface area (Å²) in [4.78, 5) is 13.5. The lowest BCUT2D eigenvalue weighted by atomic mass is 10.1. The van der Waals surface area contributed by atoms with Crippen molar-refractivity contribution in [3.8, 4) is 17.2 Å². The average molecular weight is 529 g/mol. The summed E-state index contributed by atoms with van der Waals surface area (Å²) in [5.41, 5.74) is 9.88. The molecule has 7 heteroatoms. The van der Waals surface area contributed by atoms with E-state index in [0.717, 1.165) is 22.4 Å². The van der Waals surface area contributed by atoms with E-state index >= 15 is 0 Å². The standard InChI is InChI=1S/C32H33FN2O4/c1-23-9-8-10-24(19-23)22-38-29-14-5-2-11-25(29)20-35(18-17-28(34)32(36)37)21-26-12-3-6-15-30(26)39-31-16-7-4-13-27(31)33/h2-16,19,28H,17-18,20-22,34H2,1H3,(H,36,37)/t28-/m0/s1. The first-order valence-electron chi connectivity index (χ1n) is 12.9. The number of carbonyl (C=O) groups is 1. The molecular weight excluding hydrogens is 495 g/mol. The molecule has 0 spiro atoms. The Labute approximate surface area is 228 Å². The number of rotatable bonds is 13. The maximum absolute atomic E-state index is 14.3. The number of hydrogen-bond acceptors (Lipinski definition) is 5. The van der Waals surface area contributed by atoms with Crippen molar-refractivity contribution in [1.29, 1.82) is 0 Å².